The first-order valence-corrected chi connectivity index (χ1v) is 12.9. The average Bonchev–Trinajstić information content (AvgIpc) is 2.94. The van der Waals surface area contributed by atoms with Gasteiger partial charge in [-0.05, 0) is 44.4 Å². The third-order valence-corrected chi connectivity index (χ3v) is 8.11. The molecule has 1 aromatic rings. The molecule has 2 aliphatic carbocycles. The number of hydrogen-bond acceptors (Lipinski definition) is 6. The molecule has 0 N–H and O–H groups in total. The summed E-state index contributed by atoms with van der Waals surface area (Å²) in [7, 11) is 0. The van der Waals surface area contributed by atoms with Gasteiger partial charge in [0.05, 0.1) is 0 Å². The summed E-state index contributed by atoms with van der Waals surface area (Å²) in [6, 6.07) is 3.95. The molecular weight excluding hydrogens is 384 g/mol. The monoisotopic (exact) mass is 426 g/mol. The summed E-state index contributed by atoms with van der Waals surface area (Å²) in [5.41, 5.74) is 0. The van der Waals surface area contributed by atoms with Crippen molar-refractivity contribution in [1.82, 2.24) is 19.8 Å². The van der Waals surface area contributed by atoms with Gasteiger partial charge in [-0.3, -0.25) is 9.80 Å². The molecule has 2 saturated heterocycles. The summed E-state index contributed by atoms with van der Waals surface area (Å²) in [6.45, 7) is 16.1. The van der Waals surface area contributed by atoms with E-state index < -0.39 is 0 Å². The van der Waals surface area contributed by atoms with Gasteiger partial charge in [0, 0.05) is 70.5 Å². The minimum atomic E-state index is 0.677. The lowest BCUT2D eigenvalue weighted by molar-refractivity contribution is 0.124. The van der Waals surface area contributed by atoms with Crippen LogP contribution in [-0.4, -0.2) is 84.2 Å². The second-order valence-corrected chi connectivity index (χ2v) is 10.9. The fraction of sp³-hybridized carbons (Fsp3) is 0.840. The van der Waals surface area contributed by atoms with E-state index in [0.29, 0.717) is 11.8 Å². The second-order valence-electron chi connectivity index (χ2n) is 10.9. The normalized spacial score (nSPS) is 29.9. The quantitative estimate of drug-likeness (QED) is 0.735. The third kappa shape index (κ3) is 4.85. The first-order chi connectivity index (χ1) is 15.0. The molecule has 6 heteroatoms. The first-order valence-electron chi connectivity index (χ1n) is 12.9. The molecule has 0 radical (unpaired) electrons. The van der Waals surface area contributed by atoms with Crippen LogP contribution >= 0.6 is 0 Å². The molecular formula is C25H42N6. The van der Waals surface area contributed by atoms with E-state index in [2.05, 4.69) is 46.4 Å². The Bertz CT molecular complexity index is 687. The van der Waals surface area contributed by atoms with Crippen molar-refractivity contribution < 1.29 is 0 Å². The molecule has 6 nitrogen and oxygen atoms in total. The lowest BCUT2D eigenvalue weighted by atomic mass is 9.91. The number of aryl methyl sites for hydroxylation is 1. The Kier molecular flexibility index (Phi) is 6.38. The SMILES string of the molecule is Cc1nc(N2CCN(C3CCC3)CC(C)C2)cc(N2CCN(C3CCC3)CC(C)C2)n1. The standard InChI is InChI=1S/C25H42N6/c1-19-15-28(22-6-4-7-22)10-12-30(17-19)24-14-25(27-21(3)26-24)31-13-11-29(16-20(2)18-31)23-8-5-9-23/h14,19-20,22-23H,4-13,15-18H2,1-3H3. The van der Waals surface area contributed by atoms with Crippen molar-refractivity contribution in [2.75, 3.05) is 62.2 Å². The van der Waals surface area contributed by atoms with Gasteiger partial charge < -0.3 is 9.80 Å². The molecule has 2 atom stereocenters. The molecule has 4 aliphatic rings. The zero-order valence-electron chi connectivity index (χ0n) is 20.0. The fourth-order valence-electron chi connectivity index (χ4n) is 5.98. The Labute approximate surface area is 189 Å². The molecule has 2 aliphatic heterocycles. The molecule has 5 rings (SSSR count). The molecule has 0 spiro atoms. The van der Waals surface area contributed by atoms with Crippen LogP contribution in [0.5, 0.6) is 0 Å². The summed E-state index contributed by atoms with van der Waals surface area (Å²) in [4.78, 5) is 20.4. The van der Waals surface area contributed by atoms with Gasteiger partial charge in [-0.25, -0.2) is 9.97 Å². The number of hydrogen-bond donors (Lipinski definition) is 0. The van der Waals surface area contributed by atoms with Crippen LogP contribution in [0.4, 0.5) is 11.6 Å². The summed E-state index contributed by atoms with van der Waals surface area (Å²) >= 11 is 0. The summed E-state index contributed by atoms with van der Waals surface area (Å²) < 4.78 is 0. The Morgan fingerprint density at radius 3 is 1.52 bits per heavy atom. The molecule has 0 aromatic carbocycles. The first kappa shape index (κ1) is 21.4. The number of rotatable bonds is 4. The van der Waals surface area contributed by atoms with Crippen LogP contribution < -0.4 is 9.80 Å². The largest absolute Gasteiger partial charge is 0.355 e. The lowest BCUT2D eigenvalue weighted by Crippen LogP contribution is -2.43. The number of anilines is 2. The predicted molar refractivity (Wildman–Crippen MR) is 128 cm³/mol. The Balaban J connectivity index is 1.30. The fourth-order valence-corrected chi connectivity index (χ4v) is 5.98. The molecule has 0 bridgehead atoms. The van der Waals surface area contributed by atoms with E-state index in [0.717, 1.165) is 55.7 Å². The molecule has 1 aromatic heterocycles. The average molecular weight is 427 g/mol. The highest BCUT2D eigenvalue weighted by Crippen LogP contribution is 2.30. The molecule has 4 fully saturated rings. The highest BCUT2D eigenvalue weighted by atomic mass is 15.3. The van der Waals surface area contributed by atoms with Crippen molar-refractivity contribution >= 4 is 11.6 Å². The maximum absolute atomic E-state index is 4.90. The zero-order valence-corrected chi connectivity index (χ0v) is 20.0. The van der Waals surface area contributed by atoms with Crippen LogP contribution in [0.15, 0.2) is 6.07 Å². The van der Waals surface area contributed by atoms with Gasteiger partial charge in [0.25, 0.3) is 0 Å². The predicted octanol–water partition coefficient (Wildman–Crippen LogP) is 3.41. The van der Waals surface area contributed by atoms with Gasteiger partial charge in [0.1, 0.15) is 17.5 Å². The molecule has 2 saturated carbocycles. The number of aromatic nitrogens is 2. The molecule has 0 amide bonds. The molecule has 31 heavy (non-hydrogen) atoms. The van der Waals surface area contributed by atoms with Crippen molar-refractivity contribution in [2.45, 2.75) is 71.4 Å². The van der Waals surface area contributed by atoms with E-state index in [4.69, 9.17) is 9.97 Å². The van der Waals surface area contributed by atoms with Gasteiger partial charge in [0.2, 0.25) is 0 Å². The van der Waals surface area contributed by atoms with E-state index in [1.807, 2.05) is 0 Å². The van der Waals surface area contributed by atoms with Crippen molar-refractivity contribution in [3.05, 3.63) is 11.9 Å². The maximum Gasteiger partial charge on any atom is 0.134 e. The smallest absolute Gasteiger partial charge is 0.134 e. The molecule has 2 unspecified atom stereocenters. The van der Waals surface area contributed by atoms with Crippen molar-refractivity contribution in [3.8, 4) is 0 Å². The Morgan fingerprint density at radius 1 is 0.677 bits per heavy atom. The molecule has 3 heterocycles. The van der Waals surface area contributed by atoms with Crippen LogP contribution in [0.3, 0.4) is 0 Å². The third-order valence-electron chi connectivity index (χ3n) is 8.11. The summed E-state index contributed by atoms with van der Waals surface area (Å²) in [5.74, 6) is 4.54. The van der Waals surface area contributed by atoms with Crippen LogP contribution in [0.2, 0.25) is 0 Å². The van der Waals surface area contributed by atoms with Crippen LogP contribution in [-0.2, 0) is 0 Å². The summed E-state index contributed by atoms with van der Waals surface area (Å²) in [5, 5.41) is 0. The van der Waals surface area contributed by atoms with Gasteiger partial charge in [-0.2, -0.15) is 0 Å². The molecule has 172 valence electrons. The van der Waals surface area contributed by atoms with Gasteiger partial charge in [-0.15, -0.1) is 0 Å². The minimum absolute atomic E-state index is 0.677. The van der Waals surface area contributed by atoms with Gasteiger partial charge in [0.15, 0.2) is 0 Å². The lowest BCUT2D eigenvalue weighted by Gasteiger charge is -2.37. The van der Waals surface area contributed by atoms with Gasteiger partial charge >= 0.3 is 0 Å². The van der Waals surface area contributed by atoms with E-state index in [1.54, 1.807) is 0 Å². The van der Waals surface area contributed by atoms with E-state index in [1.165, 1.54) is 64.7 Å². The summed E-state index contributed by atoms with van der Waals surface area (Å²) in [6.07, 6.45) is 8.42. The Hall–Kier alpha value is -1.40. The zero-order chi connectivity index (χ0) is 21.4. The van der Waals surface area contributed by atoms with E-state index >= 15 is 0 Å². The van der Waals surface area contributed by atoms with Gasteiger partial charge in [-0.1, -0.05) is 26.7 Å². The highest BCUT2D eigenvalue weighted by Gasteiger charge is 2.31. The highest BCUT2D eigenvalue weighted by molar-refractivity contribution is 5.51. The number of nitrogens with zero attached hydrogens (tertiary/aromatic N) is 6. The van der Waals surface area contributed by atoms with Crippen LogP contribution in [0.25, 0.3) is 0 Å². The topological polar surface area (TPSA) is 38.7 Å². The Morgan fingerprint density at radius 2 is 1.13 bits per heavy atom. The second kappa shape index (κ2) is 9.22. The van der Waals surface area contributed by atoms with Crippen molar-refractivity contribution in [3.63, 3.8) is 0 Å². The van der Waals surface area contributed by atoms with E-state index in [9.17, 15) is 0 Å². The van der Waals surface area contributed by atoms with Crippen LogP contribution in [0, 0.1) is 18.8 Å². The van der Waals surface area contributed by atoms with Crippen molar-refractivity contribution in [2.24, 2.45) is 11.8 Å². The maximum atomic E-state index is 4.90. The minimum Gasteiger partial charge on any atom is -0.355 e. The van der Waals surface area contributed by atoms with Crippen LogP contribution in [0.1, 0.15) is 58.2 Å². The van der Waals surface area contributed by atoms with Crippen molar-refractivity contribution in [1.29, 1.82) is 0 Å². The van der Waals surface area contributed by atoms with E-state index in [-0.39, 0.29) is 0 Å².